The molecule has 1 aromatic rings. The van der Waals surface area contributed by atoms with Crippen molar-refractivity contribution >= 4 is 33.2 Å². The molecule has 0 saturated carbocycles. The van der Waals surface area contributed by atoms with Crippen LogP contribution in [0.1, 0.15) is 4.88 Å². The standard InChI is InChI=1S/C7H8BrNO2S/c8-5-1-2-12-6(5)3-9-4-7(10)11/h1-2,9H,3-4H2,(H,10,11). The fourth-order valence-electron chi connectivity index (χ4n) is 0.734. The topological polar surface area (TPSA) is 49.3 Å². The minimum absolute atomic E-state index is 0.00431. The lowest BCUT2D eigenvalue weighted by Gasteiger charge is -1.98. The summed E-state index contributed by atoms with van der Waals surface area (Å²) in [4.78, 5) is 11.3. The van der Waals surface area contributed by atoms with Gasteiger partial charge in [0.15, 0.2) is 0 Å². The van der Waals surface area contributed by atoms with Gasteiger partial charge in [-0.15, -0.1) is 11.3 Å². The summed E-state index contributed by atoms with van der Waals surface area (Å²) in [6.45, 7) is 0.606. The Morgan fingerprint density at radius 2 is 2.50 bits per heavy atom. The Bertz CT molecular complexity index is 274. The average Bonchev–Trinajstić information content (AvgIpc) is 2.36. The van der Waals surface area contributed by atoms with E-state index in [4.69, 9.17) is 5.11 Å². The zero-order valence-corrected chi connectivity index (χ0v) is 8.61. The molecule has 0 aliphatic rings. The quantitative estimate of drug-likeness (QED) is 0.854. The maximum atomic E-state index is 10.1. The SMILES string of the molecule is O=C(O)CNCc1sccc1Br. The number of hydrogen-bond acceptors (Lipinski definition) is 3. The van der Waals surface area contributed by atoms with E-state index in [2.05, 4.69) is 21.2 Å². The van der Waals surface area contributed by atoms with Crippen LogP contribution < -0.4 is 5.32 Å². The molecular weight excluding hydrogens is 242 g/mol. The van der Waals surface area contributed by atoms with Crippen molar-refractivity contribution in [1.82, 2.24) is 5.32 Å². The minimum Gasteiger partial charge on any atom is -0.480 e. The van der Waals surface area contributed by atoms with E-state index in [-0.39, 0.29) is 6.54 Å². The number of nitrogens with one attached hydrogen (secondary N) is 1. The van der Waals surface area contributed by atoms with E-state index < -0.39 is 5.97 Å². The van der Waals surface area contributed by atoms with E-state index in [1.54, 1.807) is 11.3 Å². The average molecular weight is 250 g/mol. The molecular formula is C7H8BrNO2S. The van der Waals surface area contributed by atoms with Gasteiger partial charge in [0.25, 0.3) is 0 Å². The van der Waals surface area contributed by atoms with Gasteiger partial charge in [0.05, 0.1) is 6.54 Å². The number of hydrogen-bond donors (Lipinski definition) is 2. The molecule has 1 aromatic heterocycles. The summed E-state index contributed by atoms with van der Waals surface area (Å²) in [5, 5.41) is 13.1. The summed E-state index contributed by atoms with van der Waals surface area (Å²) in [7, 11) is 0. The first-order chi connectivity index (χ1) is 5.70. The van der Waals surface area contributed by atoms with Gasteiger partial charge >= 0.3 is 5.97 Å². The summed E-state index contributed by atoms with van der Waals surface area (Å²) in [5.74, 6) is -0.831. The van der Waals surface area contributed by atoms with Crippen LogP contribution in [-0.4, -0.2) is 17.6 Å². The van der Waals surface area contributed by atoms with Crippen molar-refractivity contribution in [2.45, 2.75) is 6.54 Å². The van der Waals surface area contributed by atoms with Crippen molar-refractivity contribution in [3.63, 3.8) is 0 Å². The highest BCUT2D eigenvalue weighted by atomic mass is 79.9. The van der Waals surface area contributed by atoms with Crippen LogP contribution in [-0.2, 0) is 11.3 Å². The van der Waals surface area contributed by atoms with Crippen molar-refractivity contribution in [3.05, 3.63) is 20.8 Å². The number of halogens is 1. The van der Waals surface area contributed by atoms with E-state index in [1.807, 2.05) is 11.4 Å². The number of rotatable bonds is 4. The third kappa shape index (κ3) is 2.92. The van der Waals surface area contributed by atoms with Crippen LogP contribution in [0.3, 0.4) is 0 Å². The van der Waals surface area contributed by atoms with Crippen LogP contribution in [0.2, 0.25) is 0 Å². The van der Waals surface area contributed by atoms with Gasteiger partial charge in [-0.3, -0.25) is 4.79 Å². The Labute approximate surface area is 82.5 Å². The molecule has 1 heterocycles. The molecule has 0 aromatic carbocycles. The van der Waals surface area contributed by atoms with Crippen molar-refractivity contribution < 1.29 is 9.90 Å². The van der Waals surface area contributed by atoms with Gasteiger partial charge in [0.1, 0.15) is 0 Å². The first-order valence-corrected chi connectivity index (χ1v) is 5.02. The second-order valence-electron chi connectivity index (χ2n) is 2.19. The Morgan fingerprint density at radius 1 is 1.75 bits per heavy atom. The molecule has 5 heteroatoms. The lowest BCUT2D eigenvalue weighted by atomic mass is 10.4. The molecule has 1 rings (SSSR count). The normalized spacial score (nSPS) is 10.1. The van der Waals surface area contributed by atoms with Crippen LogP contribution in [0.15, 0.2) is 15.9 Å². The molecule has 0 unspecified atom stereocenters. The Balaban J connectivity index is 2.33. The number of carboxylic acids is 1. The van der Waals surface area contributed by atoms with Crippen LogP contribution in [0.5, 0.6) is 0 Å². The molecule has 3 nitrogen and oxygen atoms in total. The summed E-state index contributed by atoms with van der Waals surface area (Å²) >= 11 is 4.96. The highest BCUT2D eigenvalue weighted by Crippen LogP contribution is 2.21. The highest BCUT2D eigenvalue weighted by Gasteiger charge is 2.01. The summed E-state index contributed by atoms with van der Waals surface area (Å²) < 4.78 is 1.03. The smallest absolute Gasteiger partial charge is 0.317 e. The van der Waals surface area contributed by atoms with E-state index in [0.29, 0.717) is 6.54 Å². The number of carbonyl (C=O) groups is 1. The first kappa shape index (κ1) is 9.70. The third-order valence-corrected chi connectivity index (χ3v) is 3.18. The molecule has 0 aliphatic carbocycles. The van der Waals surface area contributed by atoms with E-state index in [0.717, 1.165) is 9.35 Å². The van der Waals surface area contributed by atoms with Crippen LogP contribution in [0.4, 0.5) is 0 Å². The molecule has 12 heavy (non-hydrogen) atoms. The fraction of sp³-hybridized carbons (Fsp3) is 0.286. The van der Waals surface area contributed by atoms with Crippen LogP contribution in [0, 0.1) is 0 Å². The lowest BCUT2D eigenvalue weighted by molar-refractivity contribution is -0.135. The van der Waals surface area contributed by atoms with Crippen molar-refractivity contribution in [2.24, 2.45) is 0 Å². The molecule has 0 amide bonds. The lowest BCUT2D eigenvalue weighted by Crippen LogP contribution is -2.21. The van der Waals surface area contributed by atoms with Crippen LogP contribution >= 0.6 is 27.3 Å². The molecule has 2 N–H and O–H groups in total. The Morgan fingerprint density at radius 3 is 3.00 bits per heavy atom. The zero-order valence-electron chi connectivity index (χ0n) is 6.21. The minimum atomic E-state index is -0.831. The predicted octanol–water partition coefficient (Wildman–Crippen LogP) is 1.68. The number of aliphatic carboxylic acids is 1. The Kier molecular flexibility index (Phi) is 3.71. The maximum absolute atomic E-state index is 10.1. The first-order valence-electron chi connectivity index (χ1n) is 3.34. The summed E-state index contributed by atoms with van der Waals surface area (Å²) in [6.07, 6.45) is 0. The molecule has 66 valence electrons. The predicted molar refractivity (Wildman–Crippen MR) is 51.4 cm³/mol. The van der Waals surface area contributed by atoms with Gasteiger partial charge in [-0.2, -0.15) is 0 Å². The molecule has 0 fully saturated rings. The molecule has 0 spiro atoms. The molecule has 0 atom stereocenters. The highest BCUT2D eigenvalue weighted by molar-refractivity contribution is 9.10. The molecule has 0 radical (unpaired) electrons. The van der Waals surface area contributed by atoms with Gasteiger partial charge < -0.3 is 10.4 Å². The second kappa shape index (κ2) is 4.59. The fourth-order valence-corrected chi connectivity index (χ4v) is 2.20. The number of carboxylic acid groups (broad SMARTS) is 1. The zero-order chi connectivity index (χ0) is 8.97. The number of thiophene rings is 1. The van der Waals surface area contributed by atoms with Crippen molar-refractivity contribution in [1.29, 1.82) is 0 Å². The second-order valence-corrected chi connectivity index (χ2v) is 4.04. The molecule has 0 saturated heterocycles. The third-order valence-electron chi connectivity index (χ3n) is 1.25. The summed E-state index contributed by atoms with van der Waals surface area (Å²) in [6, 6.07) is 1.95. The van der Waals surface area contributed by atoms with Crippen LogP contribution in [0.25, 0.3) is 0 Å². The van der Waals surface area contributed by atoms with Gasteiger partial charge in [0, 0.05) is 15.9 Å². The van der Waals surface area contributed by atoms with Gasteiger partial charge in [-0.1, -0.05) is 0 Å². The monoisotopic (exact) mass is 249 g/mol. The maximum Gasteiger partial charge on any atom is 0.317 e. The van der Waals surface area contributed by atoms with E-state index in [9.17, 15) is 4.79 Å². The Hall–Kier alpha value is -0.390. The molecule has 0 aliphatic heterocycles. The van der Waals surface area contributed by atoms with E-state index >= 15 is 0 Å². The van der Waals surface area contributed by atoms with Crippen molar-refractivity contribution in [2.75, 3.05) is 6.54 Å². The summed E-state index contributed by atoms with van der Waals surface area (Å²) in [5.41, 5.74) is 0. The van der Waals surface area contributed by atoms with Gasteiger partial charge in [-0.05, 0) is 27.4 Å². The van der Waals surface area contributed by atoms with Gasteiger partial charge in [0.2, 0.25) is 0 Å². The van der Waals surface area contributed by atoms with Crippen molar-refractivity contribution in [3.8, 4) is 0 Å². The largest absolute Gasteiger partial charge is 0.480 e. The van der Waals surface area contributed by atoms with E-state index in [1.165, 1.54) is 0 Å². The van der Waals surface area contributed by atoms with Gasteiger partial charge in [-0.25, -0.2) is 0 Å². The molecule has 0 bridgehead atoms.